The summed E-state index contributed by atoms with van der Waals surface area (Å²) < 4.78 is 0. The number of aryl methyl sites for hydroxylation is 1. The lowest BCUT2D eigenvalue weighted by Gasteiger charge is -2.33. The molecule has 1 heterocycles. The number of hydrogen-bond donors (Lipinski definition) is 1. The van der Waals surface area contributed by atoms with E-state index in [1.165, 1.54) is 24.0 Å². The molecule has 1 atom stereocenters. The molecule has 1 N–H and O–H groups in total. The Hall–Kier alpha value is -1.51. The number of likely N-dealkylation sites (tertiary alicyclic amines) is 1. The van der Waals surface area contributed by atoms with E-state index in [2.05, 4.69) is 53.3 Å². The highest BCUT2D eigenvalue weighted by Gasteiger charge is 2.18. The number of hydrogen-bond acceptors (Lipinski definition) is 1. The first-order chi connectivity index (χ1) is 9.69. The molecule has 1 aromatic rings. The fourth-order valence-electron chi connectivity index (χ4n) is 2.90. The Labute approximate surface area is 123 Å². The van der Waals surface area contributed by atoms with E-state index < -0.39 is 0 Å². The lowest BCUT2D eigenvalue weighted by Crippen LogP contribution is -2.46. The molecule has 1 unspecified atom stereocenters. The SMILES string of the molecule is CN=C(NCCc1cccc(C)c1)N1CCCC(C)C1. The Kier molecular flexibility index (Phi) is 5.45. The molecule has 0 amide bonds. The minimum atomic E-state index is 0.777. The van der Waals surface area contributed by atoms with Crippen molar-refractivity contribution in [2.24, 2.45) is 10.9 Å². The average molecular weight is 273 g/mol. The standard InChI is InChI=1S/C17H27N3/c1-14-6-4-8-16(12-14)9-10-19-17(18-3)20-11-5-7-15(2)13-20/h4,6,8,12,15H,5,7,9-11,13H2,1-3H3,(H,18,19). The molecular weight excluding hydrogens is 246 g/mol. The lowest BCUT2D eigenvalue weighted by molar-refractivity contribution is 0.266. The van der Waals surface area contributed by atoms with Gasteiger partial charge >= 0.3 is 0 Å². The minimum Gasteiger partial charge on any atom is -0.356 e. The molecule has 3 heteroatoms. The largest absolute Gasteiger partial charge is 0.356 e. The maximum atomic E-state index is 4.43. The molecule has 1 aliphatic heterocycles. The summed E-state index contributed by atoms with van der Waals surface area (Å²) in [5.41, 5.74) is 2.72. The summed E-state index contributed by atoms with van der Waals surface area (Å²) in [4.78, 5) is 6.82. The highest BCUT2D eigenvalue weighted by atomic mass is 15.3. The third kappa shape index (κ3) is 4.26. The summed E-state index contributed by atoms with van der Waals surface area (Å²) >= 11 is 0. The van der Waals surface area contributed by atoms with Crippen LogP contribution in [0.2, 0.25) is 0 Å². The van der Waals surface area contributed by atoms with E-state index in [1.54, 1.807) is 0 Å². The van der Waals surface area contributed by atoms with Crippen LogP contribution in [-0.4, -0.2) is 37.5 Å². The van der Waals surface area contributed by atoms with Gasteiger partial charge in [-0.3, -0.25) is 4.99 Å². The molecule has 3 nitrogen and oxygen atoms in total. The van der Waals surface area contributed by atoms with Crippen molar-refractivity contribution in [3.63, 3.8) is 0 Å². The lowest BCUT2D eigenvalue weighted by atomic mass is 10.0. The molecule has 20 heavy (non-hydrogen) atoms. The quantitative estimate of drug-likeness (QED) is 0.677. The molecule has 1 aromatic carbocycles. The van der Waals surface area contributed by atoms with Gasteiger partial charge in [0.05, 0.1) is 0 Å². The molecule has 110 valence electrons. The van der Waals surface area contributed by atoms with Crippen LogP contribution in [0.5, 0.6) is 0 Å². The van der Waals surface area contributed by atoms with Crippen molar-refractivity contribution in [1.82, 2.24) is 10.2 Å². The van der Waals surface area contributed by atoms with Crippen LogP contribution in [0.1, 0.15) is 30.9 Å². The van der Waals surface area contributed by atoms with E-state index in [-0.39, 0.29) is 0 Å². The van der Waals surface area contributed by atoms with Crippen LogP contribution in [0.15, 0.2) is 29.3 Å². The molecule has 0 radical (unpaired) electrons. The first-order valence-electron chi connectivity index (χ1n) is 7.70. The number of aliphatic imine (C=N–C) groups is 1. The van der Waals surface area contributed by atoms with Crippen molar-refractivity contribution < 1.29 is 0 Å². The molecular formula is C17H27N3. The van der Waals surface area contributed by atoms with Gasteiger partial charge in [-0.25, -0.2) is 0 Å². The van der Waals surface area contributed by atoms with E-state index in [4.69, 9.17) is 0 Å². The van der Waals surface area contributed by atoms with Crippen LogP contribution >= 0.6 is 0 Å². The normalized spacial score (nSPS) is 20.1. The Morgan fingerprint density at radius 3 is 3.00 bits per heavy atom. The van der Waals surface area contributed by atoms with Gasteiger partial charge in [0.1, 0.15) is 0 Å². The van der Waals surface area contributed by atoms with Gasteiger partial charge < -0.3 is 10.2 Å². The zero-order valence-corrected chi connectivity index (χ0v) is 13.0. The van der Waals surface area contributed by atoms with Crippen LogP contribution in [0.4, 0.5) is 0 Å². The number of piperidine rings is 1. The molecule has 1 saturated heterocycles. The van der Waals surface area contributed by atoms with Gasteiger partial charge in [0.25, 0.3) is 0 Å². The minimum absolute atomic E-state index is 0.777. The van der Waals surface area contributed by atoms with E-state index in [9.17, 15) is 0 Å². The van der Waals surface area contributed by atoms with Crippen LogP contribution in [0.25, 0.3) is 0 Å². The molecule has 0 bridgehead atoms. The molecule has 0 spiro atoms. The average Bonchev–Trinajstić information content (AvgIpc) is 2.44. The monoisotopic (exact) mass is 273 g/mol. The number of benzene rings is 1. The van der Waals surface area contributed by atoms with Gasteiger partial charge in [0, 0.05) is 26.7 Å². The second-order valence-corrected chi connectivity index (χ2v) is 5.91. The summed E-state index contributed by atoms with van der Waals surface area (Å²) in [5.74, 6) is 1.84. The van der Waals surface area contributed by atoms with E-state index in [0.717, 1.165) is 37.9 Å². The maximum Gasteiger partial charge on any atom is 0.193 e. The second kappa shape index (κ2) is 7.32. The number of nitrogens with zero attached hydrogens (tertiary/aromatic N) is 2. The van der Waals surface area contributed by atoms with Crippen molar-refractivity contribution >= 4 is 5.96 Å². The van der Waals surface area contributed by atoms with Crippen LogP contribution in [-0.2, 0) is 6.42 Å². The van der Waals surface area contributed by atoms with Gasteiger partial charge in [-0.05, 0) is 37.7 Å². The molecule has 1 aliphatic rings. The Balaban J connectivity index is 1.82. The van der Waals surface area contributed by atoms with Crippen molar-refractivity contribution in [2.75, 3.05) is 26.7 Å². The molecule has 1 fully saturated rings. The maximum absolute atomic E-state index is 4.43. The van der Waals surface area contributed by atoms with Crippen LogP contribution < -0.4 is 5.32 Å². The first-order valence-corrected chi connectivity index (χ1v) is 7.70. The van der Waals surface area contributed by atoms with E-state index >= 15 is 0 Å². The summed E-state index contributed by atoms with van der Waals surface area (Å²) in [6, 6.07) is 8.73. The summed E-state index contributed by atoms with van der Waals surface area (Å²) in [5, 5.41) is 3.50. The predicted octanol–water partition coefficient (Wildman–Crippen LogP) is 2.84. The highest BCUT2D eigenvalue weighted by Crippen LogP contribution is 2.15. The van der Waals surface area contributed by atoms with E-state index in [0.29, 0.717) is 0 Å². The van der Waals surface area contributed by atoms with Gasteiger partial charge in [-0.15, -0.1) is 0 Å². The molecule has 2 rings (SSSR count). The smallest absolute Gasteiger partial charge is 0.193 e. The zero-order valence-electron chi connectivity index (χ0n) is 13.0. The summed E-state index contributed by atoms with van der Waals surface area (Å²) in [7, 11) is 1.88. The second-order valence-electron chi connectivity index (χ2n) is 5.91. The van der Waals surface area contributed by atoms with Gasteiger partial charge in [0.15, 0.2) is 5.96 Å². The van der Waals surface area contributed by atoms with E-state index in [1.807, 2.05) is 7.05 Å². The van der Waals surface area contributed by atoms with Crippen molar-refractivity contribution in [2.45, 2.75) is 33.1 Å². The third-order valence-corrected chi connectivity index (χ3v) is 3.95. The summed E-state index contributed by atoms with van der Waals surface area (Å²) in [6.07, 6.45) is 3.67. The van der Waals surface area contributed by atoms with Crippen molar-refractivity contribution in [3.05, 3.63) is 35.4 Å². The highest BCUT2D eigenvalue weighted by molar-refractivity contribution is 5.79. The Morgan fingerprint density at radius 2 is 2.30 bits per heavy atom. The Morgan fingerprint density at radius 1 is 1.45 bits per heavy atom. The van der Waals surface area contributed by atoms with Crippen molar-refractivity contribution in [1.29, 1.82) is 0 Å². The summed E-state index contributed by atoms with van der Waals surface area (Å²) in [6.45, 7) is 7.68. The topological polar surface area (TPSA) is 27.6 Å². The van der Waals surface area contributed by atoms with Crippen LogP contribution in [0.3, 0.4) is 0 Å². The van der Waals surface area contributed by atoms with Crippen LogP contribution in [0, 0.1) is 12.8 Å². The first kappa shape index (κ1) is 14.9. The molecule has 0 saturated carbocycles. The number of nitrogens with one attached hydrogen (secondary N) is 1. The third-order valence-electron chi connectivity index (χ3n) is 3.95. The number of guanidine groups is 1. The molecule has 0 aromatic heterocycles. The number of rotatable bonds is 3. The van der Waals surface area contributed by atoms with Gasteiger partial charge in [-0.1, -0.05) is 36.8 Å². The zero-order chi connectivity index (χ0) is 14.4. The van der Waals surface area contributed by atoms with Gasteiger partial charge in [-0.2, -0.15) is 0 Å². The fraction of sp³-hybridized carbons (Fsp3) is 0.588. The molecule has 0 aliphatic carbocycles. The van der Waals surface area contributed by atoms with Crippen molar-refractivity contribution in [3.8, 4) is 0 Å². The fourth-order valence-corrected chi connectivity index (χ4v) is 2.90. The predicted molar refractivity (Wildman–Crippen MR) is 86.2 cm³/mol. The van der Waals surface area contributed by atoms with Gasteiger partial charge in [0.2, 0.25) is 0 Å². The Bertz CT molecular complexity index is 453.